The molecule has 0 unspecified atom stereocenters. The number of allylic oxidation sites excluding steroid dienone is 1. The second kappa shape index (κ2) is 6.54. The Morgan fingerprint density at radius 1 is 1.18 bits per heavy atom. The Morgan fingerprint density at radius 2 is 1.91 bits per heavy atom. The highest BCUT2D eigenvalue weighted by molar-refractivity contribution is 6.32. The Labute approximate surface area is 133 Å². The largest absolute Gasteiger partial charge is 0.507 e. The van der Waals surface area contributed by atoms with E-state index in [-0.39, 0.29) is 22.8 Å². The third-order valence-corrected chi connectivity index (χ3v) is 3.58. The van der Waals surface area contributed by atoms with Crippen molar-refractivity contribution in [3.8, 4) is 17.2 Å². The molecule has 0 aliphatic carbocycles. The highest BCUT2D eigenvalue weighted by atomic mass is 35.5. The summed E-state index contributed by atoms with van der Waals surface area (Å²) in [6.07, 6.45) is 2.89. The molecule has 5 heteroatoms. The molecular weight excluding hydrogens is 304 g/mol. The molecule has 2 N–H and O–H groups in total. The maximum atomic E-state index is 12.1. The number of rotatable bonds is 4. The standard InChI is InChI=1S/C17H15ClO4/c1-10-7-16(21)12(9-13(10)18)14(19)5-3-11-4-6-15(20)17(8-11)22-2/h3-9,20-21H,1-2H3. The highest BCUT2D eigenvalue weighted by Crippen LogP contribution is 2.28. The van der Waals surface area contributed by atoms with Crippen LogP contribution in [0.2, 0.25) is 5.02 Å². The number of methoxy groups -OCH3 is 1. The maximum absolute atomic E-state index is 12.1. The van der Waals surface area contributed by atoms with Crippen molar-refractivity contribution >= 4 is 23.5 Å². The van der Waals surface area contributed by atoms with Crippen LogP contribution in [0.25, 0.3) is 6.08 Å². The number of phenolic OH excluding ortho intramolecular Hbond substituents is 2. The number of phenols is 2. The number of hydrogen-bond acceptors (Lipinski definition) is 4. The van der Waals surface area contributed by atoms with Gasteiger partial charge in [-0.1, -0.05) is 23.7 Å². The van der Waals surface area contributed by atoms with Crippen LogP contribution in [0.15, 0.2) is 36.4 Å². The van der Waals surface area contributed by atoms with E-state index in [1.165, 1.54) is 31.4 Å². The summed E-state index contributed by atoms with van der Waals surface area (Å²) < 4.78 is 5.00. The zero-order valence-corrected chi connectivity index (χ0v) is 12.9. The Balaban J connectivity index is 2.27. The third-order valence-electron chi connectivity index (χ3n) is 3.17. The van der Waals surface area contributed by atoms with E-state index >= 15 is 0 Å². The molecule has 114 valence electrons. The first kappa shape index (κ1) is 15.9. The van der Waals surface area contributed by atoms with E-state index in [1.54, 1.807) is 25.1 Å². The minimum atomic E-state index is -0.369. The molecule has 2 aromatic rings. The van der Waals surface area contributed by atoms with E-state index in [9.17, 15) is 15.0 Å². The summed E-state index contributed by atoms with van der Waals surface area (Å²) in [7, 11) is 1.44. The van der Waals surface area contributed by atoms with Crippen LogP contribution in [0.5, 0.6) is 17.2 Å². The summed E-state index contributed by atoms with van der Waals surface area (Å²) in [5, 5.41) is 19.8. The van der Waals surface area contributed by atoms with Crippen LogP contribution in [-0.4, -0.2) is 23.1 Å². The van der Waals surface area contributed by atoms with Gasteiger partial charge in [0, 0.05) is 5.02 Å². The molecule has 0 atom stereocenters. The first-order valence-corrected chi connectivity index (χ1v) is 6.88. The van der Waals surface area contributed by atoms with E-state index in [1.807, 2.05) is 0 Å². The van der Waals surface area contributed by atoms with E-state index in [2.05, 4.69) is 0 Å². The fourth-order valence-corrected chi connectivity index (χ4v) is 2.09. The Hall–Kier alpha value is -2.46. The van der Waals surface area contributed by atoms with E-state index in [0.29, 0.717) is 21.9 Å². The number of aryl methyl sites for hydroxylation is 1. The summed E-state index contributed by atoms with van der Waals surface area (Å²) in [4.78, 5) is 12.1. The van der Waals surface area contributed by atoms with Crippen molar-refractivity contribution in [3.05, 3.63) is 58.1 Å². The molecule has 0 aliphatic rings. The second-order valence-corrected chi connectivity index (χ2v) is 5.15. The number of aromatic hydroxyl groups is 2. The van der Waals surface area contributed by atoms with E-state index < -0.39 is 0 Å². The summed E-state index contributed by atoms with van der Waals surface area (Å²) in [6.45, 7) is 1.74. The van der Waals surface area contributed by atoms with Crippen LogP contribution in [0.4, 0.5) is 0 Å². The van der Waals surface area contributed by atoms with Crippen LogP contribution in [0.1, 0.15) is 21.5 Å². The van der Waals surface area contributed by atoms with Crippen molar-refractivity contribution in [2.24, 2.45) is 0 Å². The van der Waals surface area contributed by atoms with Crippen LogP contribution < -0.4 is 4.74 Å². The highest BCUT2D eigenvalue weighted by Gasteiger charge is 2.11. The molecule has 2 aromatic carbocycles. The molecular formula is C17H15ClO4. The van der Waals surface area contributed by atoms with Crippen molar-refractivity contribution in [3.63, 3.8) is 0 Å². The van der Waals surface area contributed by atoms with E-state index in [4.69, 9.17) is 16.3 Å². The molecule has 4 nitrogen and oxygen atoms in total. The van der Waals surface area contributed by atoms with Crippen LogP contribution >= 0.6 is 11.6 Å². The predicted octanol–water partition coefficient (Wildman–Crippen LogP) is 3.96. The minimum absolute atomic E-state index is 0.0222. The lowest BCUT2D eigenvalue weighted by Crippen LogP contribution is -1.96. The molecule has 0 aliphatic heterocycles. The number of carbonyl (C=O) groups excluding carboxylic acids is 1. The lowest BCUT2D eigenvalue weighted by molar-refractivity contribution is 0.104. The normalized spacial score (nSPS) is 10.9. The Morgan fingerprint density at radius 3 is 2.59 bits per heavy atom. The smallest absolute Gasteiger partial charge is 0.189 e. The lowest BCUT2D eigenvalue weighted by atomic mass is 10.1. The van der Waals surface area contributed by atoms with Gasteiger partial charge in [-0.25, -0.2) is 0 Å². The molecule has 0 amide bonds. The maximum Gasteiger partial charge on any atom is 0.189 e. The van der Waals surface area contributed by atoms with E-state index in [0.717, 1.165) is 0 Å². The topological polar surface area (TPSA) is 66.8 Å². The molecule has 0 saturated carbocycles. The third kappa shape index (κ3) is 3.40. The molecule has 2 rings (SSSR count). The molecule has 0 aromatic heterocycles. The first-order chi connectivity index (χ1) is 10.4. The predicted molar refractivity (Wildman–Crippen MR) is 85.9 cm³/mol. The zero-order valence-electron chi connectivity index (χ0n) is 12.1. The van der Waals surface area contributed by atoms with Crippen LogP contribution in [0.3, 0.4) is 0 Å². The number of hydrogen-bond donors (Lipinski definition) is 2. The molecule has 22 heavy (non-hydrogen) atoms. The van der Waals surface area contributed by atoms with Gasteiger partial charge in [-0.3, -0.25) is 4.79 Å². The molecule has 0 heterocycles. The first-order valence-electron chi connectivity index (χ1n) is 6.51. The van der Waals surface area contributed by atoms with Crippen LogP contribution in [0, 0.1) is 6.92 Å². The van der Waals surface area contributed by atoms with Gasteiger partial charge in [-0.2, -0.15) is 0 Å². The van der Waals surface area contributed by atoms with Crippen molar-refractivity contribution in [1.29, 1.82) is 0 Å². The van der Waals surface area contributed by atoms with Crippen LogP contribution in [-0.2, 0) is 0 Å². The summed E-state index contributed by atoms with van der Waals surface area (Å²) in [5.41, 5.74) is 1.52. The van der Waals surface area contributed by atoms with Gasteiger partial charge in [0.1, 0.15) is 5.75 Å². The SMILES string of the molecule is COc1cc(C=CC(=O)c2cc(Cl)c(C)cc2O)ccc1O. The molecule has 0 spiro atoms. The average Bonchev–Trinajstić information content (AvgIpc) is 2.49. The fraction of sp³-hybridized carbons (Fsp3) is 0.118. The monoisotopic (exact) mass is 318 g/mol. The van der Waals surface area contributed by atoms with Gasteiger partial charge in [0.2, 0.25) is 0 Å². The summed E-state index contributed by atoms with van der Waals surface area (Å²) in [6, 6.07) is 7.61. The van der Waals surface area contributed by atoms with Crippen molar-refractivity contribution in [1.82, 2.24) is 0 Å². The van der Waals surface area contributed by atoms with Gasteiger partial charge in [-0.15, -0.1) is 0 Å². The van der Waals surface area contributed by atoms with Gasteiger partial charge < -0.3 is 14.9 Å². The van der Waals surface area contributed by atoms with Gasteiger partial charge >= 0.3 is 0 Å². The average molecular weight is 319 g/mol. The van der Waals surface area contributed by atoms with Crippen molar-refractivity contribution in [2.45, 2.75) is 6.92 Å². The van der Waals surface area contributed by atoms with Crippen molar-refractivity contribution < 1.29 is 19.7 Å². The summed E-state index contributed by atoms with van der Waals surface area (Å²) in [5.74, 6) is -0.143. The number of ether oxygens (including phenoxy) is 1. The van der Waals surface area contributed by atoms with Crippen molar-refractivity contribution in [2.75, 3.05) is 7.11 Å². The van der Waals surface area contributed by atoms with Gasteiger partial charge in [0.15, 0.2) is 17.3 Å². The summed E-state index contributed by atoms with van der Waals surface area (Å²) >= 11 is 5.97. The number of benzene rings is 2. The molecule has 0 fully saturated rings. The minimum Gasteiger partial charge on any atom is -0.507 e. The lowest BCUT2D eigenvalue weighted by Gasteiger charge is -2.05. The zero-order chi connectivity index (χ0) is 16.3. The molecule has 0 bridgehead atoms. The number of ketones is 1. The molecule has 0 saturated heterocycles. The Kier molecular flexibility index (Phi) is 4.73. The number of halogens is 1. The van der Waals surface area contributed by atoms with Gasteiger partial charge in [-0.05, 0) is 48.4 Å². The second-order valence-electron chi connectivity index (χ2n) is 4.75. The number of carbonyl (C=O) groups is 1. The molecule has 0 radical (unpaired) electrons. The quantitative estimate of drug-likeness (QED) is 0.661. The fourth-order valence-electron chi connectivity index (χ4n) is 1.92. The van der Waals surface area contributed by atoms with Gasteiger partial charge in [0.05, 0.1) is 12.7 Å². The Bertz CT molecular complexity index is 751. The van der Waals surface area contributed by atoms with Gasteiger partial charge in [0.25, 0.3) is 0 Å².